The van der Waals surface area contributed by atoms with E-state index in [4.69, 9.17) is 10.8 Å². The van der Waals surface area contributed by atoms with Gasteiger partial charge in [-0.25, -0.2) is 0 Å². The van der Waals surface area contributed by atoms with Gasteiger partial charge in [-0.15, -0.1) is 0 Å². The highest BCUT2D eigenvalue weighted by Gasteiger charge is 2.07. The van der Waals surface area contributed by atoms with Crippen molar-refractivity contribution < 1.29 is 5.11 Å². The third-order valence-corrected chi connectivity index (χ3v) is 2.71. The van der Waals surface area contributed by atoms with Crippen molar-refractivity contribution in [1.29, 1.82) is 0 Å². The Hall–Kier alpha value is -1.22. The largest absolute Gasteiger partial charge is 0.398 e. The second-order valence-corrected chi connectivity index (χ2v) is 3.78. The molecule has 0 saturated heterocycles. The van der Waals surface area contributed by atoms with Gasteiger partial charge in [-0.1, -0.05) is 13.0 Å². The van der Waals surface area contributed by atoms with Crippen LogP contribution in [0.5, 0.6) is 0 Å². The molecule has 0 amide bonds. The number of nitrogens with one attached hydrogen (secondary N) is 1. The molecule has 1 rings (SSSR count). The highest BCUT2D eigenvalue weighted by molar-refractivity contribution is 5.63. The summed E-state index contributed by atoms with van der Waals surface area (Å²) in [5.74, 6) is 0. The fourth-order valence-corrected chi connectivity index (χ4v) is 1.56. The normalized spacial score (nSPS) is 12.5. The lowest BCUT2D eigenvalue weighted by Crippen LogP contribution is -2.20. The number of aliphatic hydroxyl groups excluding tert-OH is 1. The molecule has 0 fully saturated rings. The molecule has 1 aromatic carbocycles. The average molecular weight is 208 g/mol. The summed E-state index contributed by atoms with van der Waals surface area (Å²) in [5, 5.41) is 12.3. The van der Waals surface area contributed by atoms with Crippen molar-refractivity contribution in [3.63, 3.8) is 0 Å². The summed E-state index contributed by atoms with van der Waals surface area (Å²) in [6.07, 6.45) is 1.76. The second-order valence-electron chi connectivity index (χ2n) is 3.78. The molecule has 0 radical (unpaired) electrons. The summed E-state index contributed by atoms with van der Waals surface area (Å²) in [7, 11) is 0. The summed E-state index contributed by atoms with van der Waals surface area (Å²) >= 11 is 0. The molecule has 15 heavy (non-hydrogen) atoms. The lowest BCUT2D eigenvalue weighted by atomic mass is 10.1. The van der Waals surface area contributed by atoms with Crippen molar-refractivity contribution in [1.82, 2.24) is 0 Å². The van der Waals surface area contributed by atoms with E-state index in [1.54, 1.807) is 0 Å². The first-order valence-electron chi connectivity index (χ1n) is 5.41. The molecule has 3 nitrogen and oxygen atoms in total. The van der Waals surface area contributed by atoms with Gasteiger partial charge in [-0.05, 0) is 37.5 Å². The van der Waals surface area contributed by atoms with Gasteiger partial charge in [0, 0.05) is 24.0 Å². The molecular formula is C12H20N2O. The Morgan fingerprint density at radius 1 is 1.47 bits per heavy atom. The number of aliphatic hydroxyl groups is 1. The molecule has 0 aromatic heterocycles. The van der Waals surface area contributed by atoms with E-state index in [0.717, 1.165) is 29.8 Å². The number of anilines is 2. The molecule has 0 heterocycles. The smallest absolute Gasteiger partial charge is 0.0450 e. The molecule has 0 aliphatic carbocycles. The third-order valence-electron chi connectivity index (χ3n) is 2.71. The van der Waals surface area contributed by atoms with E-state index < -0.39 is 0 Å². The van der Waals surface area contributed by atoms with Gasteiger partial charge in [0.15, 0.2) is 0 Å². The van der Waals surface area contributed by atoms with Gasteiger partial charge in [0.1, 0.15) is 0 Å². The second kappa shape index (κ2) is 5.61. The highest BCUT2D eigenvalue weighted by atomic mass is 16.3. The van der Waals surface area contributed by atoms with Crippen LogP contribution in [0.3, 0.4) is 0 Å². The van der Waals surface area contributed by atoms with Gasteiger partial charge in [0.2, 0.25) is 0 Å². The van der Waals surface area contributed by atoms with Crippen LogP contribution in [0, 0.1) is 6.92 Å². The zero-order valence-electron chi connectivity index (χ0n) is 9.46. The molecule has 0 bridgehead atoms. The molecule has 1 atom stereocenters. The summed E-state index contributed by atoms with van der Waals surface area (Å²) in [6, 6.07) is 6.17. The number of rotatable bonds is 5. The molecule has 0 spiro atoms. The van der Waals surface area contributed by atoms with Crippen LogP contribution in [-0.2, 0) is 0 Å². The van der Waals surface area contributed by atoms with Crippen molar-refractivity contribution in [2.75, 3.05) is 17.7 Å². The molecule has 0 aliphatic heterocycles. The van der Waals surface area contributed by atoms with Crippen molar-refractivity contribution >= 4 is 11.4 Å². The summed E-state index contributed by atoms with van der Waals surface area (Å²) in [6.45, 7) is 4.32. The topological polar surface area (TPSA) is 58.3 Å². The Bertz CT molecular complexity index is 312. The molecule has 1 unspecified atom stereocenters. The van der Waals surface area contributed by atoms with Gasteiger partial charge < -0.3 is 16.2 Å². The van der Waals surface area contributed by atoms with Crippen LogP contribution in [0.15, 0.2) is 18.2 Å². The van der Waals surface area contributed by atoms with Crippen molar-refractivity contribution in [3.05, 3.63) is 23.8 Å². The van der Waals surface area contributed by atoms with Crippen LogP contribution >= 0.6 is 0 Å². The monoisotopic (exact) mass is 208 g/mol. The van der Waals surface area contributed by atoms with E-state index in [1.807, 2.05) is 25.1 Å². The molecule has 84 valence electrons. The number of hydrogen-bond donors (Lipinski definition) is 3. The van der Waals surface area contributed by atoms with Gasteiger partial charge in [0.05, 0.1) is 0 Å². The Labute approximate surface area is 91.3 Å². The SMILES string of the molecule is CCC(CCO)Nc1cccc(N)c1C. The predicted octanol–water partition coefficient (Wildman–Crippen LogP) is 2.15. The van der Waals surface area contributed by atoms with E-state index in [-0.39, 0.29) is 6.61 Å². The fourth-order valence-electron chi connectivity index (χ4n) is 1.56. The Balaban J connectivity index is 2.74. The van der Waals surface area contributed by atoms with Crippen LogP contribution in [0.2, 0.25) is 0 Å². The maximum atomic E-state index is 8.90. The quantitative estimate of drug-likeness (QED) is 0.650. The van der Waals surface area contributed by atoms with E-state index in [0.29, 0.717) is 6.04 Å². The summed E-state index contributed by atoms with van der Waals surface area (Å²) < 4.78 is 0. The maximum Gasteiger partial charge on any atom is 0.0450 e. The van der Waals surface area contributed by atoms with Crippen molar-refractivity contribution in [2.24, 2.45) is 0 Å². The molecule has 4 N–H and O–H groups in total. The fraction of sp³-hybridized carbons (Fsp3) is 0.500. The lowest BCUT2D eigenvalue weighted by molar-refractivity contribution is 0.278. The minimum absolute atomic E-state index is 0.215. The molecule has 1 aromatic rings. The van der Waals surface area contributed by atoms with Crippen molar-refractivity contribution in [3.8, 4) is 0 Å². The number of benzene rings is 1. The van der Waals surface area contributed by atoms with E-state index in [1.165, 1.54) is 0 Å². The zero-order chi connectivity index (χ0) is 11.3. The Morgan fingerprint density at radius 3 is 2.80 bits per heavy atom. The van der Waals surface area contributed by atoms with Crippen LogP contribution in [0.4, 0.5) is 11.4 Å². The number of hydrogen-bond acceptors (Lipinski definition) is 3. The molecule has 3 heteroatoms. The first-order chi connectivity index (χ1) is 7.19. The first kappa shape index (κ1) is 11.9. The van der Waals surface area contributed by atoms with E-state index >= 15 is 0 Å². The highest BCUT2D eigenvalue weighted by Crippen LogP contribution is 2.22. The Kier molecular flexibility index (Phi) is 4.43. The predicted molar refractivity (Wildman–Crippen MR) is 65.0 cm³/mol. The minimum Gasteiger partial charge on any atom is -0.398 e. The first-order valence-corrected chi connectivity index (χ1v) is 5.41. The summed E-state index contributed by atoms with van der Waals surface area (Å²) in [4.78, 5) is 0. The van der Waals surface area contributed by atoms with Gasteiger partial charge in [-0.2, -0.15) is 0 Å². The lowest BCUT2D eigenvalue weighted by Gasteiger charge is -2.19. The van der Waals surface area contributed by atoms with Crippen LogP contribution < -0.4 is 11.1 Å². The average Bonchev–Trinajstić information content (AvgIpc) is 2.24. The van der Waals surface area contributed by atoms with Gasteiger partial charge >= 0.3 is 0 Å². The minimum atomic E-state index is 0.215. The van der Waals surface area contributed by atoms with E-state index in [9.17, 15) is 0 Å². The Morgan fingerprint density at radius 2 is 2.20 bits per heavy atom. The zero-order valence-corrected chi connectivity index (χ0v) is 9.46. The molecular weight excluding hydrogens is 188 g/mol. The van der Waals surface area contributed by atoms with Crippen LogP contribution in [0.25, 0.3) is 0 Å². The molecule has 0 saturated carbocycles. The third kappa shape index (κ3) is 3.13. The maximum absolute atomic E-state index is 8.90. The van der Waals surface area contributed by atoms with Gasteiger partial charge in [0.25, 0.3) is 0 Å². The number of nitrogen functional groups attached to an aromatic ring is 1. The molecule has 0 aliphatic rings. The van der Waals surface area contributed by atoms with Crippen LogP contribution in [0.1, 0.15) is 25.3 Å². The van der Waals surface area contributed by atoms with Crippen LogP contribution in [-0.4, -0.2) is 17.8 Å². The van der Waals surface area contributed by atoms with Crippen molar-refractivity contribution in [2.45, 2.75) is 32.7 Å². The number of nitrogens with two attached hydrogens (primary N) is 1. The van der Waals surface area contributed by atoms with Gasteiger partial charge in [-0.3, -0.25) is 0 Å². The standard InChI is InChI=1S/C12H20N2O/c1-3-10(7-8-15)14-12-6-4-5-11(13)9(12)2/h4-6,10,14-15H,3,7-8,13H2,1-2H3. The van der Waals surface area contributed by atoms with E-state index in [2.05, 4.69) is 12.2 Å². The summed E-state index contributed by atoms with van der Waals surface area (Å²) in [5.41, 5.74) is 8.77.